The molecular weight excluding hydrogens is 326 g/mol. The van der Waals surface area contributed by atoms with Crippen LogP contribution in [-0.2, 0) is 11.4 Å². The SMILES string of the molecule is CCC(c1cccc(OCc2ccccc2)c1)N1CCC(C(=O)O)CC1. The van der Waals surface area contributed by atoms with Crippen molar-refractivity contribution in [3.63, 3.8) is 0 Å². The minimum atomic E-state index is -0.658. The zero-order valence-corrected chi connectivity index (χ0v) is 15.3. The molecule has 1 aliphatic rings. The molecule has 4 nitrogen and oxygen atoms in total. The molecule has 1 aliphatic heterocycles. The van der Waals surface area contributed by atoms with Crippen LogP contribution in [0.25, 0.3) is 0 Å². The van der Waals surface area contributed by atoms with Gasteiger partial charge in [-0.25, -0.2) is 0 Å². The van der Waals surface area contributed by atoms with Crippen LogP contribution < -0.4 is 4.74 Å². The van der Waals surface area contributed by atoms with Gasteiger partial charge in [0.05, 0.1) is 5.92 Å². The zero-order chi connectivity index (χ0) is 18.4. The van der Waals surface area contributed by atoms with Gasteiger partial charge < -0.3 is 9.84 Å². The normalized spacial score (nSPS) is 17.0. The number of aliphatic carboxylic acids is 1. The number of benzene rings is 2. The Morgan fingerprint density at radius 1 is 1.15 bits per heavy atom. The number of hydrogen-bond donors (Lipinski definition) is 1. The van der Waals surface area contributed by atoms with Crippen molar-refractivity contribution in [2.24, 2.45) is 5.92 Å². The first-order valence-electron chi connectivity index (χ1n) is 9.41. The van der Waals surface area contributed by atoms with Crippen LogP contribution in [0.2, 0.25) is 0 Å². The molecule has 2 aromatic carbocycles. The maximum atomic E-state index is 11.2. The van der Waals surface area contributed by atoms with E-state index in [0.717, 1.165) is 43.7 Å². The van der Waals surface area contributed by atoms with Crippen molar-refractivity contribution < 1.29 is 14.6 Å². The quantitative estimate of drug-likeness (QED) is 0.795. The summed E-state index contributed by atoms with van der Waals surface area (Å²) in [5, 5.41) is 9.19. The summed E-state index contributed by atoms with van der Waals surface area (Å²) < 4.78 is 5.97. The molecule has 4 heteroatoms. The summed E-state index contributed by atoms with van der Waals surface area (Å²) in [6.45, 7) is 4.42. The minimum absolute atomic E-state index is 0.190. The highest BCUT2D eigenvalue weighted by molar-refractivity contribution is 5.70. The molecule has 2 aromatic rings. The first kappa shape index (κ1) is 18.5. The molecule has 1 saturated heterocycles. The van der Waals surface area contributed by atoms with Gasteiger partial charge in [-0.15, -0.1) is 0 Å². The van der Waals surface area contributed by atoms with Crippen molar-refractivity contribution in [2.45, 2.75) is 38.8 Å². The largest absolute Gasteiger partial charge is 0.489 e. The van der Waals surface area contributed by atoms with Crippen molar-refractivity contribution >= 4 is 5.97 Å². The van der Waals surface area contributed by atoms with Gasteiger partial charge in [-0.05, 0) is 55.6 Å². The predicted molar refractivity (Wildman–Crippen MR) is 102 cm³/mol. The highest BCUT2D eigenvalue weighted by Gasteiger charge is 2.28. The zero-order valence-electron chi connectivity index (χ0n) is 15.3. The second-order valence-corrected chi connectivity index (χ2v) is 6.92. The Balaban J connectivity index is 1.64. The third kappa shape index (κ3) is 4.64. The van der Waals surface area contributed by atoms with Crippen molar-refractivity contribution in [1.29, 1.82) is 0 Å². The Labute approximate surface area is 155 Å². The lowest BCUT2D eigenvalue weighted by molar-refractivity contribution is -0.143. The van der Waals surface area contributed by atoms with Gasteiger partial charge >= 0.3 is 5.97 Å². The summed E-state index contributed by atoms with van der Waals surface area (Å²) in [6, 6.07) is 18.8. The molecule has 3 rings (SSSR count). The van der Waals surface area contributed by atoms with E-state index in [9.17, 15) is 9.90 Å². The third-order valence-corrected chi connectivity index (χ3v) is 5.20. The first-order valence-corrected chi connectivity index (χ1v) is 9.41. The maximum Gasteiger partial charge on any atom is 0.306 e. The molecular formula is C22H27NO3. The highest BCUT2D eigenvalue weighted by Crippen LogP contribution is 2.31. The molecule has 1 fully saturated rings. The summed E-state index contributed by atoms with van der Waals surface area (Å²) in [5.41, 5.74) is 2.40. The van der Waals surface area contributed by atoms with Gasteiger partial charge in [-0.1, -0.05) is 49.4 Å². The van der Waals surface area contributed by atoms with E-state index in [-0.39, 0.29) is 5.92 Å². The Hall–Kier alpha value is -2.33. The van der Waals surface area contributed by atoms with Gasteiger partial charge in [0.1, 0.15) is 12.4 Å². The molecule has 138 valence electrons. The van der Waals surface area contributed by atoms with Gasteiger partial charge in [0.2, 0.25) is 0 Å². The molecule has 0 spiro atoms. The lowest BCUT2D eigenvalue weighted by Gasteiger charge is -2.36. The Bertz CT molecular complexity index is 708. The number of piperidine rings is 1. The monoisotopic (exact) mass is 353 g/mol. The molecule has 0 radical (unpaired) electrons. The summed E-state index contributed by atoms with van der Waals surface area (Å²) in [5.74, 6) is 0.0310. The number of ether oxygens (including phenoxy) is 1. The van der Waals surface area contributed by atoms with E-state index in [4.69, 9.17) is 4.74 Å². The minimum Gasteiger partial charge on any atom is -0.489 e. The van der Waals surface area contributed by atoms with Crippen LogP contribution in [0.3, 0.4) is 0 Å². The molecule has 0 saturated carbocycles. The number of likely N-dealkylation sites (tertiary alicyclic amines) is 1. The van der Waals surface area contributed by atoms with Crippen LogP contribution in [0.15, 0.2) is 54.6 Å². The smallest absolute Gasteiger partial charge is 0.306 e. The molecule has 26 heavy (non-hydrogen) atoms. The number of carbonyl (C=O) groups is 1. The molecule has 1 atom stereocenters. The molecule has 0 bridgehead atoms. The summed E-state index contributed by atoms with van der Waals surface area (Å²) in [4.78, 5) is 13.6. The van der Waals surface area contributed by atoms with Gasteiger partial charge in [0.25, 0.3) is 0 Å². The van der Waals surface area contributed by atoms with Gasteiger partial charge in [-0.2, -0.15) is 0 Å². The van der Waals surface area contributed by atoms with E-state index in [0.29, 0.717) is 12.6 Å². The standard InChI is InChI=1S/C22H27NO3/c1-2-21(23-13-11-18(12-14-23)22(24)25)19-9-6-10-20(15-19)26-16-17-7-4-3-5-8-17/h3-10,15,18,21H,2,11-14,16H2,1H3,(H,24,25). The number of rotatable bonds is 7. The second kappa shape index (κ2) is 8.86. The van der Waals surface area contributed by atoms with Crippen LogP contribution in [0.1, 0.15) is 43.4 Å². The van der Waals surface area contributed by atoms with Crippen LogP contribution in [0.4, 0.5) is 0 Å². The lowest BCUT2D eigenvalue weighted by Crippen LogP contribution is -2.38. The number of carboxylic acid groups (broad SMARTS) is 1. The molecule has 1 unspecified atom stereocenters. The fourth-order valence-corrected chi connectivity index (χ4v) is 3.72. The number of carboxylic acids is 1. The van der Waals surface area contributed by atoms with E-state index in [1.54, 1.807) is 0 Å². The summed E-state index contributed by atoms with van der Waals surface area (Å²) >= 11 is 0. The predicted octanol–water partition coefficient (Wildman–Crippen LogP) is 4.51. The number of hydrogen-bond acceptors (Lipinski definition) is 3. The van der Waals surface area contributed by atoms with E-state index in [1.807, 2.05) is 30.3 Å². The average Bonchev–Trinajstić information content (AvgIpc) is 2.68. The van der Waals surface area contributed by atoms with Crippen LogP contribution in [0, 0.1) is 5.92 Å². The van der Waals surface area contributed by atoms with E-state index >= 15 is 0 Å². The maximum absolute atomic E-state index is 11.2. The third-order valence-electron chi connectivity index (χ3n) is 5.20. The average molecular weight is 353 g/mol. The lowest BCUT2D eigenvalue weighted by atomic mass is 9.93. The van der Waals surface area contributed by atoms with Gasteiger partial charge in [0.15, 0.2) is 0 Å². The Morgan fingerprint density at radius 2 is 1.88 bits per heavy atom. The summed E-state index contributed by atoms with van der Waals surface area (Å²) in [7, 11) is 0. The van der Waals surface area contributed by atoms with Crippen molar-refractivity contribution in [3.05, 3.63) is 65.7 Å². The van der Waals surface area contributed by atoms with Gasteiger partial charge in [0, 0.05) is 6.04 Å². The van der Waals surface area contributed by atoms with Crippen LogP contribution in [0.5, 0.6) is 5.75 Å². The molecule has 0 aromatic heterocycles. The van der Waals surface area contributed by atoms with Crippen molar-refractivity contribution in [3.8, 4) is 5.75 Å². The van der Waals surface area contributed by atoms with E-state index in [1.165, 1.54) is 5.56 Å². The summed E-state index contributed by atoms with van der Waals surface area (Å²) in [6.07, 6.45) is 2.46. The van der Waals surface area contributed by atoms with E-state index < -0.39 is 5.97 Å². The van der Waals surface area contributed by atoms with Gasteiger partial charge in [-0.3, -0.25) is 9.69 Å². The Kier molecular flexibility index (Phi) is 6.29. The Morgan fingerprint density at radius 3 is 2.54 bits per heavy atom. The van der Waals surface area contributed by atoms with Crippen molar-refractivity contribution in [1.82, 2.24) is 4.90 Å². The topological polar surface area (TPSA) is 49.8 Å². The fourth-order valence-electron chi connectivity index (χ4n) is 3.72. The highest BCUT2D eigenvalue weighted by atomic mass is 16.5. The second-order valence-electron chi connectivity index (χ2n) is 6.92. The van der Waals surface area contributed by atoms with Crippen molar-refractivity contribution in [2.75, 3.05) is 13.1 Å². The molecule has 0 amide bonds. The molecule has 1 N–H and O–H groups in total. The molecule has 1 heterocycles. The van der Waals surface area contributed by atoms with Crippen LogP contribution in [-0.4, -0.2) is 29.1 Å². The van der Waals surface area contributed by atoms with Crippen LogP contribution >= 0.6 is 0 Å². The molecule has 0 aliphatic carbocycles. The first-order chi connectivity index (χ1) is 12.7. The fraction of sp³-hybridized carbons (Fsp3) is 0.409. The van der Waals surface area contributed by atoms with E-state index in [2.05, 4.69) is 36.1 Å². The number of nitrogens with zero attached hydrogens (tertiary/aromatic N) is 1.